The highest BCUT2D eigenvalue weighted by Crippen LogP contribution is 2.26. The Morgan fingerprint density at radius 1 is 0.479 bits per heavy atom. The molecule has 0 unspecified atom stereocenters. The fourth-order valence-electron chi connectivity index (χ4n) is 12.3. The third kappa shape index (κ3) is 24.8. The van der Waals surface area contributed by atoms with E-state index in [9.17, 15) is 38.7 Å². The van der Waals surface area contributed by atoms with Crippen LogP contribution in [0.25, 0.3) is 0 Å². The van der Waals surface area contributed by atoms with E-state index in [1.54, 1.807) is 41.5 Å². The molecular formula is C69H125N13O12. The second-order valence-electron chi connectivity index (χ2n) is 29.1. The quantitative estimate of drug-likeness (QED) is 0.0711. The van der Waals surface area contributed by atoms with Gasteiger partial charge in [-0.3, -0.25) is 52.7 Å². The summed E-state index contributed by atoms with van der Waals surface area (Å²) in [5, 5.41) is 27.0. The normalized spacial score (nSPS) is 26.5. The van der Waals surface area contributed by atoms with E-state index in [1.807, 2.05) is 67.5 Å². The van der Waals surface area contributed by atoms with E-state index in [1.165, 1.54) is 101 Å². The summed E-state index contributed by atoms with van der Waals surface area (Å²) < 4.78 is 0. The van der Waals surface area contributed by atoms with Gasteiger partial charge in [0.1, 0.15) is 60.4 Å². The van der Waals surface area contributed by atoms with Crippen LogP contribution in [0.4, 0.5) is 0 Å². The van der Waals surface area contributed by atoms with Crippen molar-refractivity contribution in [2.24, 2.45) is 41.4 Å². The molecule has 12 atom stereocenters. The molecule has 2 fully saturated rings. The molecule has 25 nitrogen and oxygen atoms in total. The molecule has 0 aromatic carbocycles. The van der Waals surface area contributed by atoms with Crippen LogP contribution in [-0.4, -0.2) is 264 Å². The molecule has 2 aliphatic heterocycles. The molecule has 0 saturated carbocycles. The number of nitrogens with zero attached hydrogens (tertiary/aromatic N) is 8. The summed E-state index contributed by atoms with van der Waals surface area (Å²) in [4.78, 5) is 173. The largest absolute Gasteiger partial charge is 0.390 e. The molecule has 0 aliphatic carbocycles. The van der Waals surface area contributed by atoms with Crippen molar-refractivity contribution in [1.29, 1.82) is 0 Å². The molecule has 2 rings (SSSR count). The van der Waals surface area contributed by atoms with Crippen LogP contribution in [0.15, 0.2) is 12.2 Å². The van der Waals surface area contributed by atoms with Crippen LogP contribution in [0.5, 0.6) is 0 Å². The third-order valence-corrected chi connectivity index (χ3v) is 18.3. The number of amides is 11. The number of allylic oxidation sites excluding steroid dienone is 1. The molecule has 6 N–H and O–H groups in total. The van der Waals surface area contributed by atoms with Gasteiger partial charge in [-0.25, -0.2) is 0 Å². The molecule has 0 aromatic heterocycles. The van der Waals surface area contributed by atoms with Gasteiger partial charge >= 0.3 is 0 Å². The van der Waals surface area contributed by atoms with Gasteiger partial charge < -0.3 is 70.9 Å². The Bertz CT molecular complexity index is 2540. The van der Waals surface area contributed by atoms with E-state index >= 15 is 19.2 Å². The monoisotopic (exact) mass is 1330 g/mol. The molecule has 0 bridgehead atoms. The Hall–Kier alpha value is -6.21. The molecule has 0 spiro atoms. The first-order valence-electron chi connectivity index (χ1n) is 34.5. The van der Waals surface area contributed by atoms with Crippen LogP contribution in [0.2, 0.25) is 0 Å². The molecule has 2 heterocycles. The van der Waals surface area contributed by atoms with E-state index in [0.29, 0.717) is 12.8 Å². The zero-order valence-corrected chi connectivity index (χ0v) is 61.7. The second kappa shape index (κ2) is 39.7. The van der Waals surface area contributed by atoms with Crippen molar-refractivity contribution in [1.82, 2.24) is 65.8 Å². The molecular weight excluding hydrogens is 1200 g/mol. The van der Waals surface area contributed by atoms with Crippen molar-refractivity contribution < 1.29 is 57.8 Å². The van der Waals surface area contributed by atoms with Crippen LogP contribution in [-0.2, 0) is 52.7 Å². The van der Waals surface area contributed by atoms with Gasteiger partial charge in [0, 0.05) is 62.4 Å². The lowest BCUT2D eigenvalue weighted by atomic mass is 9.91. The fraction of sp³-hybridized carbons (Fsp3) is 0.812. The van der Waals surface area contributed by atoms with E-state index < -0.39 is 156 Å². The van der Waals surface area contributed by atoms with E-state index in [-0.39, 0.29) is 55.8 Å². The highest BCUT2D eigenvalue weighted by Gasteiger charge is 2.46. The van der Waals surface area contributed by atoms with Gasteiger partial charge in [0.25, 0.3) is 0 Å². The maximum atomic E-state index is 15.4. The van der Waals surface area contributed by atoms with Crippen molar-refractivity contribution in [2.45, 2.75) is 235 Å². The molecule has 11 amide bonds. The summed E-state index contributed by atoms with van der Waals surface area (Å²) >= 11 is 0. The molecule has 538 valence electrons. The first kappa shape index (κ1) is 83.9. The lowest BCUT2D eigenvalue weighted by Crippen LogP contribution is -2.63. The minimum atomic E-state index is -1.63. The average Bonchev–Trinajstić information content (AvgIpc) is 0.848. The summed E-state index contributed by atoms with van der Waals surface area (Å²) in [7, 11) is 9.99. The summed E-state index contributed by atoms with van der Waals surface area (Å²) in [5.41, 5.74) is 0. The number of carbonyl (C=O) groups is 11. The van der Waals surface area contributed by atoms with Gasteiger partial charge in [-0.15, -0.1) is 0 Å². The van der Waals surface area contributed by atoms with Crippen molar-refractivity contribution in [3.8, 4) is 0 Å². The number of likely N-dealkylation sites (tertiary alicyclic amines) is 1. The summed E-state index contributed by atoms with van der Waals surface area (Å²) in [6, 6.07) is -12.4. The lowest BCUT2D eigenvalue weighted by molar-refractivity contribution is -0.157. The second-order valence-corrected chi connectivity index (χ2v) is 29.1. The topological polar surface area (TPSA) is 294 Å². The van der Waals surface area contributed by atoms with Crippen molar-refractivity contribution in [2.75, 3.05) is 88.6 Å². The minimum Gasteiger partial charge on any atom is -0.390 e. The van der Waals surface area contributed by atoms with Crippen LogP contribution in [0.1, 0.15) is 169 Å². The minimum absolute atomic E-state index is 0.0191. The van der Waals surface area contributed by atoms with Crippen LogP contribution < -0.4 is 26.6 Å². The van der Waals surface area contributed by atoms with E-state index in [2.05, 4.69) is 31.5 Å². The number of hydrogen-bond acceptors (Lipinski definition) is 14. The number of likely N-dealkylation sites (N-methyl/N-ethyl adjacent to an activating group) is 7. The molecule has 25 heteroatoms. The predicted octanol–water partition coefficient (Wildman–Crippen LogP) is 3.32. The maximum absolute atomic E-state index is 15.4. The summed E-state index contributed by atoms with van der Waals surface area (Å²) in [5.74, 6) is -9.74. The first-order valence-corrected chi connectivity index (χ1v) is 34.5. The number of rotatable bonds is 21. The van der Waals surface area contributed by atoms with E-state index in [4.69, 9.17) is 0 Å². The Balaban J connectivity index is 2.91. The maximum Gasteiger partial charge on any atom is 0.246 e. The Labute approximate surface area is 563 Å². The highest BCUT2D eigenvalue weighted by molar-refractivity contribution is 5.99. The standard InChI is InChI=1S/C69H125N13O12/c1-24-50-65(90)75(17)40-55(83)76(18)51(36-41(2)3)62(87)74-56(45(10)11)68(93)77(19)52(37-42(4)5)61(86)71-48(15)60(85)72-49(16)64(89)78(20)53(38-43(6)7)66(91)79(21)54(39-44(8)9)67(92)80(22)57(46(12)13)69(94)81(23)58(63(88)73-50)59(84)47(14)30-26-25-27-31-70-32-35-82-33-28-29-34-82/h25-26,41-54,56-59,70,84H,24,27-40H2,1-23H3,(H,71,86)(H,72,85)(H,73,88)(H,74,87)/b26-25+/t47-,48+,49-,50+,51+,52+,53+,54+,56+,57+,58+,59-/m1/s1. The van der Waals surface area contributed by atoms with Gasteiger partial charge in [-0.2, -0.15) is 0 Å². The van der Waals surface area contributed by atoms with Gasteiger partial charge in [-0.05, 0) is 133 Å². The Morgan fingerprint density at radius 2 is 0.936 bits per heavy atom. The average molecular weight is 1330 g/mol. The van der Waals surface area contributed by atoms with Crippen molar-refractivity contribution >= 4 is 65.0 Å². The predicted molar refractivity (Wildman–Crippen MR) is 366 cm³/mol. The Kier molecular flexibility index (Phi) is 35.5. The van der Waals surface area contributed by atoms with Gasteiger partial charge in [0.05, 0.1) is 12.6 Å². The van der Waals surface area contributed by atoms with Crippen LogP contribution >= 0.6 is 0 Å². The highest BCUT2D eigenvalue weighted by atomic mass is 16.3. The van der Waals surface area contributed by atoms with E-state index in [0.717, 1.165) is 42.5 Å². The number of nitrogens with one attached hydrogen (secondary N) is 5. The number of hydrogen-bond donors (Lipinski definition) is 6. The molecule has 0 aromatic rings. The van der Waals surface area contributed by atoms with Crippen LogP contribution in [0.3, 0.4) is 0 Å². The van der Waals surface area contributed by atoms with Crippen molar-refractivity contribution in [3.63, 3.8) is 0 Å². The molecule has 2 aliphatic rings. The first-order chi connectivity index (χ1) is 43.7. The SMILES string of the molecule is CC[C@@H]1NC(=O)[C@H]([C@H](O)[C@H](C)C/C=C/CCNCCN2CCCC2)N(C)C(=O)[C@H](C(C)C)N(C)C(=O)[C@H](CC(C)C)N(C)C(=O)[C@H](CC(C)C)N(C)C(=O)[C@@H](C)NC(=O)[C@H](C)NC(=O)[C@H](CC(C)C)N(C)C(=O)[C@H](C(C)C)NC(=O)[C@H](CC(C)C)N(C)C(=O)CN(C)C1=O. The summed E-state index contributed by atoms with van der Waals surface area (Å²) in [6.07, 6.45) is 6.48. The van der Waals surface area contributed by atoms with Crippen LogP contribution in [0, 0.1) is 41.4 Å². The molecule has 2 saturated heterocycles. The number of aliphatic hydroxyl groups excluding tert-OH is 1. The fourth-order valence-corrected chi connectivity index (χ4v) is 12.3. The Morgan fingerprint density at radius 3 is 1.44 bits per heavy atom. The summed E-state index contributed by atoms with van der Waals surface area (Å²) in [6.45, 7) is 32.5. The van der Waals surface area contributed by atoms with Crippen molar-refractivity contribution in [3.05, 3.63) is 12.2 Å². The van der Waals surface area contributed by atoms with Gasteiger partial charge in [-0.1, -0.05) is 109 Å². The molecule has 0 radical (unpaired) electrons. The zero-order valence-electron chi connectivity index (χ0n) is 61.7. The lowest BCUT2D eigenvalue weighted by Gasteiger charge is -2.41. The number of aliphatic hydroxyl groups is 1. The molecule has 94 heavy (non-hydrogen) atoms. The zero-order chi connectivity index (χ0) is 71.9. The van der Waals surface area contributed by atoms with Gasteiger partial charge in [0.2, 0.25) is 65.0 Å². The number of carbonyl (C=O) groups excluding carboxylic acids is 11. The smallest absolute Gasteiger partial charge is 0.246 e. The third-order valence-electron chi connectivity index (χ3n) is 18.3. The van der Waals surface area contributed by atoms with Gasteiger partial charge in [0.15, 0.2) is 0 Å².